The van der Waals surface area contributed by atoms with Crippen LogP contribution in [0.5, 0.6) is 0 Å². The second-order valence-corrected chi connectivity index (χ2v) is 3.85. The predicted octanol–water partition coefficient (Wildman–Crippen LogP) is 5.43. The molecular formula is C15H26. The maximum Gasteiger partial charge on any atom is -0.0348 e. The molecular weight excluding hydrogens is 180 g/mol. The van der Waals surface area contributed by atoms with Crippen LogP contribution in [0.15, 0.2) is 36.5 Å². The molecule has 0 radical (unpaired) electrons. The van der Waals surface area contributed by atoms with E-state index in [4.69, 9.17) is 0 Å². The molecule has 0 bridgehead atoms. The van der Waals surface area contributed by atoms with E-state index in [-0.39, 0.29) is 0 Å². The second kappa shape index (κ2) is 13.2. The third-order valence-corrected chi connectivity index (χ3v) is 2.32. The number of unbranched alkanes of at least 4 members (excludes halogenated alkanes) is 5. The van der Waals surface area contributed by atoms with Gasteiger partial charge in [-0.1, -0.05) is 76.0 Å². The molecule has 0 nitrogen and oxygen atoms in total. The summed E-state index contributed by atoms with van der Waals surface area (Å²) in [6.07, 6.45) is 22.1. The minimum atomic E-state index is 1.12. The normalized spacial score (nSPS) is 12.4. The maximum atomic E-state index is 2.27. The summed E-state index contributed by atoms with van der Waals surface area (Å²) in [6.45, 7) is 4.41. The lowest BCUT2D eigenvalue weighted by Crippen LogP contribution is -1.75. The average Bonchev–Trinajstić information content (AvgIpc) is 2.26. The van der Waals surface area contributed by atoms with Gasteiger partial charge in [-0.15, -0.1) is 0 Å². The quantitative estimate of drug-likeness (QED) is 0.349. The van der Waals surface area contributed by atoms with E-state index in [2.05, 4.69) is 50.3 Å². The summed E-state index contributed by atoms with van der Waals surface area (Å²) in [4.78, 5) is 0. The Balaban J connectivity index is 3.23. The predicted molar refractivity (Wildman–Crippen MR) is 71.1 cm³/mol. The van der Waals surface area contributed by atoms with Crippen LogP contribution in [0.3, 0.4) is 0 Å². The lowest BCUT2D eigenvalue weighted by atomic mass is 10.1. The van der Waals surface area contributed by atoms with E-state index in [9.17, 15) is 0 Å². The summed E-state index contributed by atoms with van der Waals surface area (Å²) in [5.74, 6) is 0. The van der Waals surface area contributed by atoms with Gasteiger partial charge in [-0.3, -0.25) is 0 Å². The number of hydrogen-bond donors (Lipinski definition) is 0. The van der Waals surface area contributed by atoms with Crippen LogP contribution in [-0.2, 0) is 0 Å². The van der Waals surface area contributed by atoms with Crippen LogP contribution in [0.2, 0.25) is 0 Å². The van der Waals surface area contributed by atoms with Crippen LogP contribution in [0, 0.1) is 0 Å². The summed E-state index contributed by atoms with van der Waals surface area (Å²) in [7, 11) is 0. The minimum Gasteiger partial charge on any atom is -0.0848 e. The smallest absolute Gasteiger partial charge is 0.0348 e. The Bertz CT molecular complexity index is 184. The van der Waals surface area contributed by atoms with Gasteiger partial charge in [0.05, 0.1) is 0 Å². The SMILES string of the molecule is CC/C=C/C=C/C=C/CCCCCCC. The Morgan fingerprint density at radius 2 is 1.33 bits per heavy atom. The molecule has 0 heterocycles. The summed E-state index contributed by atoms with van der Waals surface area (Å²) >= 11 is 0. The van der Waals surface area contributed by atoms with Crippen LogP contribution in [0.25, 0.3) is 0 Å². The van der Waals surface area contributed by atoms with Gasteiger partial charge in [0.15, 0.2) is 0 Å². The summed E-state index contributed by atoms with van der Waals surface area (Å²) in [6, 6.07) is 0. The molecule has 15 heavy (non-hydrogen) atoms. The number of allylic oxidation sites excluding steroid dienone is 6. The van der Waals surface area contributed by atoms with Gasteiger partial charge in [-0.05, 0) is 19.3 Å². The molecule has 0 spiro atoms. The second-order valence-electron chi connectivity index (χ2n) is 3.85. The first kappa shape index (κ1) is 14.2. The standard InChI is InChI=1S/C15H26/c1-3-5-7-9-11-13-15-14-12-10-8-6-4-2/h5,7,9,11,13,15H,3-4,6,8,10,12,14H2,1-2H3/b7-5+,11-9+,15-13+. The maximum absolute atomic E-state index is 2.27. The van der Waals surface area contributed by atoms with E-state index in [1.807, 2.05) is 0 Å². The molecule has 0 aromatic carbocycles. The average molecular weight is 206 g/mol. The van der Waals surface area contributed by atoms with E-state index in [0.29, 0.717) is 0 Å². The van der Waals surface area contributed by atoms with E-state index >= 15 is 0 Å². The van der Waals surface area contributed by atoms with Gasteiger partial charge in [-0.2, -0.15) is 0 Å². The molecule has 0 unspecified atom stereocenters. The Labute approximate surface area is 95.8 Å². The molecule has 0 rings (SSSR count). The fraction of sp³-hybridized carbons (Fsp3) is 0.600. The van der Waals surface area contributed by atoms with Crippen LogP contribution >= 0.6 is 0 Å². The highest BCUT2D eigenvalue weighted by molar-refractivity contribution is 5.10. The third-order valence-electron chi connectivity index (χ3n) is 2.32. The zero-order chi connectivity index (χ0) is 11.2. The Kier molecular flexibility index (Phi) is 12.5. The molecule has 0 saturated heterocycles. The van der Waals surface area contributed by atoms with E-state index in [1.54, 1.807) is 0 Å². The van der Waals surface area contributed by atoms with Gasteiger partial charge >= 0.3 is 0 Å². The first-order valence-corrected chi connectivity index (χ1v) is 6.40. The van der Waals surface area contributed by atoms with Crippen molar-refractivity contribution in [2.75, 3.05) is 0 Å². The van der Waals surface area contributed by atoms with E-state index in [1.165, 1.54) is 38.5 Å². The van der Waals surface area contributed by atoms with Crippen LogP contribution in [0.1, 0.15) is 58.8 Å². The van der Waals surface area contributed by atoms with Crippen LogP contribution < -0.4 is 0 Å². The number of hydrogen-bond acceptors (Lipinski definition) is 0. The van der Waals surface area contributed by atoms with Crippen molar-refractivity contribution in [1.29, 1.82) is 0 Å². The van der Waals surface area contributed by atoms with Crippen LogP contribution in [-0.4, -0.2) is 0 Å². The monoisotopic (exact) mass is 206 g/mol. The van der Waals surface area contributed by atoms with Crippen molar-refractivity contribution in [3.63, 3.8) is 0 Å². The molecule has 0 aliphatic heterocycles. The molecule has 0 amide bonds. The topological polar surface area (TPSA) is 0 Å². The molecule has 0 aliphatic rings. The van der Waals surface area contributed by atoms with Gasteiger partial charge in [0.25, 0.3) is 0 Å². The highest BCUT2D eigenvalue weighted by Crippen LogP contribution is 2.05. The minimum absolute atomic E-state index is 1.12. The van der Waals surface area contributed by atoms with Gasteiger partial charge in [-0.25, -0.2) is 0 Å². The van der Waals surface area contributed by atoms with Crippen molar-refractivity contribution in [2.24, 2.45) is 0 Å². The molecule has 0 aliphatic carbocycles. The number of rotatable bonds is 9. The highest BCUT2D eigenvalue weighted by atomic mass is 13.9. The fourth-order valence-electron chi connectivity index (χ4n) is 1.38. The largest absolute Gasteiger partial charge is 0.0848 e. The summed E-state index contributed by atoms with van der Waals surface area (Å²) in [5, 5.41) is 0. The fourth-order valence-corrected chi connectivity index (χ4v) is 1.38. The van der Waals surface area contributed by atoms with Gasteiger partial charge < -0.3 is 0 Å². The Hall–Kier alpha value is -0.780. The van der Waals surface area contributed by atoms with Crippen molar-refractivity contribution < 1.29 is 0 Å². The van der Waals surface area contributed by atoms with Crippen LogP contribution in [0.4, 0.5) is 0 Å². The van der Waals surface area contributed by atoms with Crippen molar-refractivity contribution in [2.45, 2.75) is 58.8 Å². The summed E-state index contributed by atoms with van der Waals surface area (Å²) < 4.78 is 0. The molecule has 0 fully saturated rings. The van der Waals surface area contributed by atoms with Crippen molar-refractivity contribution in [3.8, 4) is 0 Å². The Morgan fingerprint density at radius 3 is 2.00 bits per heavy atom. The lowest BCUT2D eigenvalue weighted by molar-refractivity contribution is 0.637. The molecule has 0 aromatic heterocycles. The zero-order valence-electron chi connectivity index (χ0n) is 10.4. The zero-order valence-corrected chi connectivity index (χ0v) is 10.4. The Morgan fingerprint density at radius 1 is 0.667 bits per heavy atom. The van der Waals surface area contributed by atoms with Gasteiger partial charge in [0.1, 0.15) is 0 Å². The van der Waals surface area contributed by atoms with E-state index < -0.39 is 0 Å². The molecule has 0 aromatic rings. The molecule has 0 heteroatoms. The molecule has 0 atom stereocenters. The first-order chi connectivity index (χ1) is 7.41. The van der Waals surface area contributed by atoms with E-state index in [0.717, 1.165) is 6.42 Å². The lowest BCUT2D eigenvalue weighted by Gasteiger charge is -1.95. The molecule has 0 saturated carbocycles. The highest BCUT2D eigenvalue weighted by Gasteiger charge is 1.85. The summed E-state index contributed by atoms with van der Waals surface area (Å²) in [5.41, 5.74) is 0. The molecule has 86 valence electrons. The van der Waals surface area contributed by atoms with Crippen molar-refractivity contribution in [1.82, 2.24) is 0 Å². The first-order valence-electron chi connectivity index (χ1n) is 6.40. The molecule has 0 N–H and O–H groups in total. The van der Waals surface area contributed by atoms with Gasteiger partial charge in [0, 0.05) is 0 Å². The van der Waals surface area contributed by atoms with Crippen molar-refractivity contribution in [3.05, 3.63) is 36.5 Å². The third kappa shape index (κ3) is 13.2. The van der Waals surface area contributed by atoms with Crippen molar-refractivity contribution >= 4 is 0 Å². The van der Waals surface area contributed by atoms with Gasteiger partial charge in [0.2, 0.25) is 0 Å².